The summed E-state index contributed by atoms with van der Waals surface area (Å²) >= 11 is 0. The molecule has 0 N–H and O–H groups in total. The van der Waals surface area contributed by atoms with Crippen molar-refractivity contribution in [2.45, 2.75) is 64.0 Å². The first kappa shape index (κ1) is 14.4. The first-order valence-corrected chi connectivity index (χ1v) is 7.94. The molecule has 1 saturated heterocycles. The third-order valence-electron chi connectivity index (χ3n) is 4.13. The lowest BCUT2D eigenvalue weighted by molar-refractivity contribution is 0.0196. The molecule has 3 rings (SSSR count). The SMILES string of the molecule is CC(C)(C)OC(=O)N1CCCC(c2cncn2C2CC2)C1. The molecule has 21 heavy (non-hydrogen) atoms. The van der Waals surface area contributed by atoms with Crippen LogP contribution in [-0.2, 0) is 4.74 Å². The highest BCUT2D eigenvalue weighted by molar-refractivity contribution is 5.68. The predicted octanol–water partition coefficient (Wildman–Crippen LogP) is 3.33. The van der Waals surface area contributed by atoms with Crippen LogP contribution < -0.4 is 0 Å². The van der Waals surface area contributed by atoms with E-state index in [0.29, 0.717) is 12.0 Å². The molecule has 1 aliphatic heterocycles. The molecule has 5 heteroatoms. The monoisotopic (exact) mass is 291 g/mol. The number of carbonyl (C=O) groups is 1. The summed E-state index contributed by atoms with van der Waals surface area (Å²) in [6.07, 6.45) is 8.39. The Labute approximate surface area is 126 Å². The highest BCUT2D eigenvalue weighted by Crippen LogP contribution is 2.38. The van der Waals surface area contributed by atoms with Crippen molar-refractivity contribution in [1.29, 1.82) is 0 Å². The van der Waals surface area contributed by atoms with Crippen molar-refractivity contribution in [3.8, 4) is 0 Å². The Balaban J connectivity index is 1.68. The number of aromatic nitrogens is 2. The predicted molar refractivity (Wildman–Crippen MR) is 80.3 cm³/mol. The van der Waals surface area contributed by atoms with Gasteiger partial charge in [0.05, 0.1) is 6.33 Å². The molecule has 1 saturated carbocycles. The van der Waals surface area contributed by atoms with Crippen LogP contribution in [-0.4, -0.2) is 39.2 Å². The van der Waals surface area contributed by atoms with Gasteiger partial charge in [0.15, 0.2) is 0 Å². The van der Waals surface area contributed by atoms with Crippen LogP contribution in [0.4, 0.5) is 4.79 Å². The second kappa shape index (κ2) is 5.35. The van der Waals surface area contributed by atoms with Gasteiger partial charge in [-0.15, -0.1) is 0 Å². The molecule has 116 valence electrons. The summed E-state index contributed by atoms with van der Waals surface area (Å²) < 4.78 is 7.81. The van der Waals surface area contributed by atoms with Crippen molar-refractivity contribution in [2.75, 3.05) is 13.1 Å². The Hall–Kier alpha value is -1.52. The molecule has 1 atom stereocenters. The molecule has 0 aromatic carbocycles. The van der Waals surface area contributed by atoms with E-state index < -0.39 is 5.60 Å². The average Bonchev–Trinajstić information content (AvgIpc) is 3.14. The van der Waals surface area contributed by atoms with Crippen molar-refractivity contribution in [2.24, 2.45) is 0 Å². The number of carbonyl (C=O) groups excluding carboxylic acids is 1. The van der Waals surface area contributed by atoms with Gasteiger partial charge in [0.1, 0.15) is 5.60 Å². The first-order valence-electron chi connectivity index (χ1n) is 7.94. The molecule has 2 fully saturated rings. The zero-order chi connectivity index (χ0) is 15.0. The van der Waals surface area contributed by atoms with Crippen molar-refractivity contribution >= 4 is 6.09 Å². The van der Waals surface area contributed by atoms with Gasteiger partial charge in [-0.3, -0.25) is 0 Å². The van der Waals surface area contributed by atoms with Crippen molar-refractivity contribution < 1.29 is 9.53 Å². The minimum Gasteiger partial charge on any atom is -0.444 e. The maximum absolute atomic E-state index is 12.2. The molecule has 0 radical (unpaired) electrons. The van der Waals surface area contributed by atoms with Crippen LogP contribution in [0.3, 0.4) is 0 Å². The zero-order valence-electron chi connectivity index (χ0n) is 13.2. The fourth-order valence-electron chi connectivity index (χ4n) is 3.00. The second-order valence-corrected chi connectivity index (χ2v) is 7.22. The van der Waals surface area contributed by atoms with E-state index in [9.17, 15) is 4.79 Å². The van der Waals surface area contributed by atoms with Gasteiger partial charge in [-0.2, -0.15) is 0 Å². The Morgan fingerprint density at radius 3 is 2.76 bits per heavy atom. The maximum Gasteiger partial charge on any atom is 0.410 e. The molecule has 1 unspecified atom stereocenters. The summed E-state index contributed by atoms with van der Waals surface area (Å²) in [6.45, 7) is 7.27. The largest absolute Gasteiger partial charge is 0.444 e. The maximum atomic E-state index is 12.2. The molecule has 2 aliphatic rings. The molecule has 1 aromatic rings. The third-order valence-corrected chi connectivity index (χ3v) is 4.13. The zero-order valence-corrected chi connectivity index (χ0v) is 13.2. The minimum absolute atomic E-state index is 0.190. The van der Waals surface area contributed by atoms with Crippen LogP contribution in [0.15, 0.2) is 12.5 Å². The Bertz CT molecular complexity index is 514. The molecule has 2 heterocycles. The van der Waals surface area contributed by atoms with Crippen LogP contribution in [0.5, 0.6) is 0 Å². The number of hydrogen-bond donors (Lipinski definition) is 0. The summed E-state index contributed by atoms with van der Waals surface area (Å²) in [5, 5.41) is 0. The molecular weight excluding hydrogens is 266 g/mol. The highest BCUT2D eigenvalue weighted by atomic mass is 16.6. The molecule has 0 spiro atoms. The summed E-state index contributed by atoms with van der Waals surface area (Å²) in [6, 6.07) is 0.638. The van der Waals surface area contributed by atoms with E-state index in [1.165, 1.54) is 18.5 Å². The number of imidazole rings is 1. The van der Waals surface area contributed by atoms with Crippen LogP contribution in [0.2, 0.25) is 0 Å². The smallest absolute Gasteiger partial charge is 0.410 e. The fraction of sp³-hybridized carbons (Fsp3) is 0.750. The Morgan fingerprint density at radius 1 is 1.33 bits per heavy atom. The number of ether oxygens (including phenoxy) is 1. The Kier molecular flexibility index (Phi) is 3.68. The summed E-state index contributed by atoms with van der Waals surface area (Å²) in [4.78, 5) is 18.4. The molecule has 1 aliphatic carbocycles. The first-order chi connectivity index (χ1) is 9.94. The highest BCUT2D eigenvalue weighted by Gasteiger charge is 2.32. The van der Waals surface area contributed by atoms with E-state index in [2.05, 4.69) is 9.55 Å². The average molecular weight is 291 g/mol. The molecular formula is C16H25N3O2. The van der Waals surface area contributed by atoms with E-state index in [-0.39, 0.29) is 6.09 Å². The van der Waals surface area contributed by atoms with E-state index >= 15 is 0 Å². The summed E-state index contributed by atoms with van der Waals surface area (Å²) in [5.74, 6) is 0.384. The van der Waals surface area contributed by atoms with Gasteiger partial charge >= 0.3 is 6.09 Å². The normalized spacial score (nSPS) is 23.2. The number of piperidine rings is 1. The topological polar surface area (TPSA) is 47.4 Å². The number of likely N-dealkylation sites (tertiary alicyclic amines) is 1. The van der Waals surface area contributed by atoms with Crippen LogP contribution in [0.25, 0.3) is 0 Å². The van der Waals surface area contributed by atoms with Gasteiger partial charge in [-0.05, 0) is 46.5 Å². The van der Waals surface area contributed by atoms with E-state index in [0.717, 1.165) is 25.9 Å². The van der Waals surface area contributed by atoms with Gasteiger partial charge in [0.2, 0.25) is 0 Å². The summed E-state index contributed by atoms with van der Waals surface area (Å²) in [5.41, 5.74) is 0.852. The number of rotatable bonds is 2. The fourth-order valence-corrected chi connectivity index (χ4v) is 3.00. The van der Waals surface area contributed by atoms with E-state index in [1.807, 2.05) is 38.2 Å². The number of amides is 1. The lowest BCUT2D eigenvalue weighted by Gasteiger charge is -2.34. The third kappa shape index (κ3) is 3.39. The lowest BCUT2D eigenvalue weighted by Crippen LogP contribution is -2.42. The standard InChI is InChI=1S/C16H25N3O2/c1-16(2,3)21-15(20)18-8-4-5-12(10-18)14-9-17-11-19(14)13-6-7-13/h9,11-13H,4-8,10H2,1-3H3. The van der Waals surface area contributed by atoms with E-state index in [4.69, 9.17) is 4.74 Å². The quantitative estimate of drug-likeness (QED) is 0.839. The van der Waals surface area contributed by atoms with Crippen molar-refractivity contribution in [1.82, 2.24) is 14.5 Å². The molecule has 1 aromatic heterocycles. The Morgan fingerprint density at radius 2 is 2.10 bits per heavy atom. The second-order valence-electron chi connectivity index (χ2n) is 7.22. The number of hydrogen-bond acceptors (Lipinski definition) is 3. The molecule has 1 amide bonds. The molecule has 5 nitrogen and oxygen atoms in total. The van der Waals surface area contributed by atoms with Crippen LogP contribution in [0.1, 0.15) is 64.1 Å². The number of nitrogens with zero attached hydrogens (tertiary/aromatic N) is 3. The van der Waals surface area contributed by atoms with Crippen LogP contribution >= 0.6 is 0 Å². The molecule has 0 bridgehead atoms. The summed E-state index contributed by atoms with van der Waals surface area (Å²) in [7, 11) is 0. The van der Waals surface area contributed by atoms with Crippen molar-refractivity contribution in [3.63, 3.8) is 0 Å². The van der Waals surface area contributed by atoms with Gasteiger partial charge < -0.3 is 14.2 Å². The lowest BCUT2D eigenvalue weighted by atomic mass is 9.95. The van der Waals surface area contributed by atoms with Gasteiger partial charge in [0, 0.05) is 36.9 Å². The van der Waals surface area contributed by atoms with Gasteiger partial charge in [0.25, 0.3) is 0 Å². The van der Waals surface area contributed by atoms with Gasteiger partial charge in [-0.1, -0.05) is 0 Å². The van der Waals surface area contributed by atoms with Crippen LogP contribution in [0, 0.1) is 0 Å². The minimum atomic E-state index is -0.431. The van der Waals surface area contributed by atoms with Gasteiger partial charge in [-0.25, -0.2) is 9.78 Å². The van der Waals surface area contributed by atoms with Crippen molar-refractivity contribution in [3.05, 3.63) is 18.2 Å². The van der Waals surface area contributed by atoms with E-state index in [1.54, 1.807) is 0 Å².